The lowest BCUT2D eigenvalue weighted by molar-refractivity contribution is 0.143. The third-order valence-corrected chi connectivity index (χ3v) is 5.50. The number of nitrogen functional groups attached to an aromatic ring is 1. The van der Waals surface area contributed by atoms with E-state index in [9.17, 15) is 5.11 Å². The fourth-order valence-corrected chi connectivity index (χ4v) is 3.97. The van der Waals surface area contributed by atoms with Gasteiger partial charge in [-0.15, -0.1) is 0 Å². The maximum absolute atomic E-state index is 10.1. The van der Waals surface area contributed by atoms with E-state index in [4.69, 9.17) is 20.8 Å². The normalized spacial score (nSPS) is 12.5. The molecule has 4 aromatic heterocycles. The smallest absolute Gasteiger partial charge is 0.216 e. The first kappa shape index (κ1) is 22.7. The molecule has 4 heterocycles. The molecule has 10 nitrogen and oxygen atoms in total. The summed E-state index contributed by atoms with van der Waals surface area (Å²) in [7, 11) is 0. The largest absolute Gasteiger partial charge is 0.476 e. The average molecular weight is 468 g/mol. The number of hydrogen-bond donors (Lipinski definition) is 3. The second-order valence-corrected chi connectivity index (χ2v) is 8.85. The van der Waals surface area contributed by atoms with Crippen LogP contribution in [-0.4, -0.2) is 48.2 Å². The number of anilines is 1. The van der Waals surface area contributed by atoms with Gasteiger partial charge < -0.3 is 25.9 Å². The highest BCUT2D eigenvalue weighted by molar-refractivity contribution is 7.07. The quantitative estimate of drug-likeness (QED) is 0.347. The van der Waals surface area contributed by atoms with Crippen LogP contribution in [0, 0.1) is 11.8 Å². The van der Waals surface area contributed by atoms with Gasteiger partial charge in [-0.25, -0.2) is 14.6 Å². The monoisotopic (exact) mass is 467 g/mol. The zero-order chi connectivity index (χ0) is 23.6. The van der Waals surface area contributed by atoms with E-state index in [1.165, 1.54) is 5.56 Å². The second-order valence-electron chi connectivity index (χ2n) is 8.07. The Morgan fingerprint density at radius 2 is 2.15 bits per heavy atom. The van der Waals surface area contributed by atoms with Crippen LogP contribution in [0.2, 0.25) is 0 Å². The van der Waals surface area contributed by atoms with Crippen molar-refractivity contribution in [2.24, 2.45) is 5.73 Å². The van der Waals surface area contributed by atoms with Crippen molar-refractivity contribution in [3.8, 4) is 29.2 Å². The molecule has 0 saturated heterocycles. The van der Waals surface area contributed by atoms with Gasteiger partial charge in [0.15, 0.2) is 17.3 Å². The number of rotatable bonds is 7. The third kappa shape index (κ3) is 5.14. The Morgan fingerprint density at radius 1 is 1.33 bits per heavy atom. The zero-order valence-electron chi connectivity index (χ0n) is 18.6. The summed E-state index contributed by atoms with van der Waals surface area (Å²) < 4.78 is 12.6. The number of nitrogens with zero attached hydrogens (tertiary/aromatic N) is 5. The molecule has 0 aliphatic rings. The SMILES string of the molecule is CCn1c(-c2nonc2N)nc2c(C#CC(C)(C)O)nc(OC[C@@H](N)Cc3ccsc3)cc21. The Morgan fingerprint density at radius 3 is 2.79 bits per heavy atom. The highest BCUT2D eigenvalue weighted by Crippen LogP contribution is 2.30. The molecule has 1 atom stereocenters. The summed E-state index contributed by atoms with van der Waals surface area (Å²) in [6.45, 7) is 6.00. The van der Waals surface area contributed by atoms with E-state index in [-0.39, 0.29) is 18.5 Å². The number of hydrogen-bond acceptors (Lipinski definition) is 10. The van der Waals surface area contributed by atoms with Crippen LogP contribution >= 0.6 is 11.3 Å². The van der Waals surface area contributed by atoms with Crippen molar-refractivity contribution in [3.63, 3.8) is 0 Å². The Labute approximate surface area is 194 Å². The molecule has 0 amide bonds. The highest BCUT2D eigenvalue weighted by Gasteiger charge is 2.22. The minimum atomic E-state index is -1.20. The number of pyridine rings is 1. The maximum atomic E-state index is 10.1. The van der Waals surface area contributed by atoms with Crippen molar-refractivity contribution in [1.29, 1.82) is 0 Å². The summed E-state index contributed by atoms with van der Waals surface area (Å²) in [6, 6.07) is 3.63. The van der Waals surface area contributed by atoms with Crippen molar-refractivity contribution in [2.75, 3.05) is 12.3 Å². The first-order valence-corrected chi connectivity index (χ1v) is 11.3. The summed E-state index contributed by atoms with van der Waals surface area (Å²) in [6.07, 6.45) is 0.701. The van der Waals surface area contributed by atoms with Gasteiger partial charge in [-0.05, 0) is 65.8 Å². The van der Waals surface area contributed by atoms with E-state index in [0.717, 1.165) is 5.52 Å². The van der Waals surface area contributed by atoms with E-state index in [1.807, 2.05) is 22.9 Å². The summed E-state index contributed by atoms with van der Waals surface area (Å²) >= 11 is 1.63. The lowest BCUT2D eigenvalue weighted by atomic mass is 10.1. The standard InChI is InChI=1S/C22H25N7O3S/c1-4-29-16-10-17(31-11-14(23)9-13-6-8-33-12-13)25-15(5-7-22(2,3)30)18(16)26-21(29)19-20(24)28-32-27-19/h6,8,10,12,14,30H,4,9,11,23H2,1-3H3,(H2,24,28)/t14-/m0/s1. The number of thiophene rings is 1. The van der Waals surface area contributed by atoms with Gasteiger partial charge in [0, 0.05) is 18.7 Å². The number of aliphatic hydroxyl groups is 1. The first-order valence-electron chi connectivity index (χ1n) is 10.4. The zero-order valence-corrected chi connectivity index (χ0v) is 19.4. The van der Waals surface area contributed by atoms with E-state index in [0.29, 0.717) is 41.6 Å². The third-order valence-electron chi connectivity index (χ3n) is 4.77. The highest BCUT2D eigenvalue weighted by atomic mass is 32.1. The van der Waals surface area contributed by atoms with Gasteiger partial charge in [-0.2, -0.15) is 11.3 Å². The molecule has 4 rings (SSSR count). The molecule has 0 unspecified atom stereocenters. The number of aromatic nitrogens is 5. The molecule has 11 heteroatoms. The summed E-state index contributed by atoms with van der Waals surface area (Å²) in [5.41, 5.74) is 14.1. The van der Waals surface area contributed by atoms with Crippen LogP contribution < -0.4 is 16.2 Å². The number of ether oxygens (including phenoxy) is 1. The predicted octanol–water partition coefficient (Wildman–Crippen LogP) is 2.22. The lowest BCUT2D eigenvalue weighted by Crippen LogP contribution is -2.30. The molecule has 0 aromatic carbocycles. The number of fused-ring (bicyclic) bond motifs is 1. The summed E-state index contributed by atoms with van der Waals surface area (Å²) in [4.78, 5) is 9.21. The summed E-state index contributed by atoms with van der Waals surface area (Å²) in [5.74, 6) is 6.68. The van der Waals surface area contributed by atoms with Crippen LogP contribution in [0.15, 0.2) is 27.5 Å². The Hall–Kier alpha value is -3.46. The minimum absolute atomic E-state index is 0.132. The molecule has 33 heavy (non-hydrogen) atoms. The average Bonchev–Trinajstić information content (AvgIpc) is 3.49. The van der Waals surface area contributed by atoms with Gasteiger partial charge in [0.1, 0.15) is 23.4 Å². The molecule has 5 N–H and O–H groups in total. The van der Waals surface area contributed by atoms with Crippen LogP contribution in [0.3, 0.4) is 0 Å². The molecule has 0 aliphatic carbocycles. The van der Waals surface area contributed by atoms with Crippen LogP contribution in [0.4, 0.5) is 5.82 Å². The fourth-order valence-electron chi connectivity index (χ4n) is 3.29. The van der Waals surface area contributed by atoms with Crippen LogP contribution in [0.5, 0.6) is 5.88 Å². The minimum Gasteiger partial charge on any atom is -0.476 e. The molecule has 172 valence electrons. The first-order chi connectivity index (χ1) is 15.7. The van der Waals surface area contributed by atoms with Gasteiger partial charge >= 0.3 is 0 Å². The van der Waals surface area contributed by atoms with Crippen LogP contribution in [0.1, 0.15) is 32.0 Å². The Balaban J connectivity index is 1.74. The van der Waals surface area contributed by atoms with Crippen molar-refractivity contribution in [1.82, 2.24) is 24.8 Å². The van der Waals surface area contributed by atoms with Crippen molar-refractivity contribution in [2.45, 2.75) is 45.4 Å². The summed E-state index contributed by atoms with van der Waals surface area (Å²) in [5, 5.41) is 21.7. The van der Waals surface area contributed by atoms with Gasteiger partial charge in [-0.3, -0.25) is 0 Å². The van der Waals surface area contributed by atoms with Gasteiger partial charge in [0.25, 0.3) is 0 Å². The van der Waals surface area contributed by atoms with Crippen molar-refractivity contribution < 1.29 is 14.5 Å². The topological polar surface area (TPSA) is 151 Å². The van der Waals surface area contributed by atoms with Gasteiger partial charge in [0.05, 0.1) is 5.52 Å². The molecule has 0 aliphatic heterocycles. The molecule has 0 radical (unpaired) electrons. The molecule has 0 bridgehead atoms. The number of aryl methyl sites for hydroxylation is 1. The maximum Gasteiger partial charge on any atom is 0.216 e. The van der Waals surface area contributed by atoms with E-state index in [1.54, 1.807) is 31.3 Å². The van der Waals surface area contributed by atoms with Crippen LogP contribution in [-0.2, 0) is 13.0 Å². The second kappa shape index (κ2) is 9.19. The van der Waals surface area contributed by atoms with Crippen LogP contribution in [0.25, 0.3) is 22.6 Å². The van der Waals surface area contributed by atoms with E-state index in [2.05, 4.69) is 37.5 Å². The Bertz CT molecular complexity index is 1310. The predicted molar refractivity (Wildman–Crippen MR) is 126 cm³/mol. The molecular weight excluding hydrogens is 442 g/mol. The molecular formula is C22H25N7O3S. The van der Waals surface area contributed by atoms with E-state index < -0.39 is 5.60 Å². The molecule has 0 saturated carbocycles. The Kier molecular flexibility index (Phi) is 6.33. The van der Waals surface area contributed by atoms with Gasteiger partial charge in [0.2, 0.25) is 5.88 Å². The van der Waals surface area contributed by atoms with Crippen molar-refractivity contribution >= 4 is 28.2 Å². The molecule has 0 fully saturated rings. The van der Waals surface area contributed by atoms with Gasteiger partial charge in [-0.1, -0.05) is 5.92 Å². The molecule has 4 aromatic rings. The van der Waals surface area contributed by atoms with Crippen molar-refractivity contribution in [3.05, 3.63) is 34.2 Å². The molecule has 0 spiro atoms. The lowest BCUT2D eigenvalue weighted by Gasteiger charge is -2.13. The number of imidazole rings is 1. The number of nitrogens with two attached hydrogens (primary N) is 2. The van der Waals surface area contributed by atoms with E-state index >= 15 is 0 Å². The fraction of sp³-hybridized carbons (Fsp3) is 0.364.